The normalized spacial score (nSPS) is 18.3. The van der Waals surface area contributed by atoms with Gasteiger partial charge in [-0.3, -0.25) is 0 Å². The first-order chi connectivity index (χ1) is 10.8. The van der Waals surface area contributed by atoms with Crippen molar-refractivity contribution in [2.45, 2.75) is 45.3 Å². The smallest absolute Gasteiger partial charge is 0.410 e. The summed E-state index contributed by atoms with van der Waals surface area (Å²) in [6.07, 6.45) is 2.84. The maximum absolute atomic E-state index is 12.3. The molecule has 1 amide bonds. The van der Waals surface area contributed by atoms with Gasteiger partial charge >= 0.3 is 6.09 Å². The molecule has 2 aromatic rings. The molecule has 0 N–H and O–H groups in total. The average Bonchev–Trinajstić information content (AvgIpc) is 2.91. The Hall–Kier alpha value is -1.61. The predicted octanol–water partition coefficient (Wildman–Crippen LogP) is 2.56. The summed E-state index contributed by atoms with van der Waals surface area (Å²) in [6, 6.07) is -0.00719. The van der Waals surface area contributed by atoms with Crippen molar-refractivity contribution in [3.63, 3.8) is 0 Å². The summed E-state index contributed by atoms with van der Waals surface area (Å²) in [5.41, 5.74) is 0.551. The van der Waals surface area contributed by atoms with Crippen molar-refractivity contribution in [2.24, 2.45) is 0 Å². The summed E-state index contributed by atoms with van der Waals surface area (Å²) in [6.45, 7) is 6.76. The Kier molecular flexibility index (Phi) is 5.54. The van der Waals surface area contributed by atoms with E-state index >= 15 is 0 Å². The highest BCUT2D eigenvalue weighted by atomic mass is 35.5. The maximum Gasteiger partial charge on any atom is 0.410 e. The van der Waals surface area contributed by atoms with E-state index in [9.17, 15) is 4.79 Å². The van der Waals surface area contributed by atoms with Gasteiger partial charge in [0.1, 0.15) is 11.9 Å². The highest BCUT2D eigenvalue weighted by Gasteiger charge is 2.30. The van der Waals surface area contributed by atoms with Gasteiger partial charge in [0.25, 0.3) is 0 Å². The molecule has 3 heterocycles. The molecule has 1 aliphatic heterocycles. The van der Waals surface area contributed by atoms with E-state index in [1.54, 1.807) is 9.58 Å². The number of piperidine rings is 1. The van der Waals surface area contributed by atoms with Crippen molar-refractivity contribution in [1.82, 2.24) is 29.9 Å². The highest BCUT2D eigenvalue weighted by molar-refractivity contribution is 7.59. The highest BCUT2D eigenvalue weighted by Crippen LogP contribution is 2.26. The van der Waals surface area contributed by atoms with Crippen LogP contribution in [0.4, 0.5) is 4.79 Å². The van der Waals surface area contributed by atoms with Gasteiger partial charge in [-0.05, 0) is 33.6 Å². The van der Waals surface area contributed by atoms with Crippen LogP contribution in [0.25, 0.3) is 11.2 Å². The Morgan fingerprint density at radius 1 is 1.38 bits per heavy atom. The van der Waals surface area contributed by atoms with Crippen LogP contribution in [-0.4, -0.2) is 54.6 Å². The summed E-state index contributed by atoms with van der Waals surface area (Å²) < 4.78 is 7.17. The van der Waals surface area contributed by atoms with Crippen LogP contribution in [0.3, 0.4) is 0 Å². The predicted molar refractivity (Wildman–Crippen MR) is 94.6 cm³/mol. The van der Waals surface area contributed by atoms with Gasteiger partial charge in [0.2, 0.25) is 0 Å². The second-order valence-electron chi connectivity index (χ2n) is 6.59. The Bertz CT molecular complexity index is 732. The van der Waals surface area contributed by atoms with Crippen LogP contribution >= 0.6 is 25.1 Å². The molecule has 0 bridgehead atoms. The van der Waals surface area contributed by atoms with Gasteiger partial charge in [-0.25, -0.2) is 19.4 Å². The van der Waals surface area contributed by atoms with Crippen LogP contribution < -0.4 is 0 Å². The van der Waals surface area contributed by atoms with E-state index in [-0.39, 0.29) is 30.8 Å². The molecule has 0 spiro atoms. The summed E-state index contributed by atoms with van der Waals surface area (Å²) in [5.74, 6) is 0. The summed E-state index contributed by atoms with van der Waals surface area (Å²) in [4.78, 5) is 22.1. The van der Waals surface area contributed by atoms with E-state index < -0.39 is 5.60 Å². The lowest BCUT2D eigenvalue weighted by atomic mass is 10.1. The number of hydrogen-bond acceptors (Lipinski definition) is 6. The SMILES string of the molecule is CC(C)(C)OC(=O)N1CCC[C@H](n2nnc3c(Cl)ncnc32)C1.S. The van der Waals surface area contributed by atoms with Gasteiger partial charge in [-0.2, -0.15) is 13.5 Å². The van der Waals surface area contributed by atoms with E-state index in [1.807, 2.05) is 20.8 Å². The fourth-order valence-electron chi connectivity index (χ4n) is 2.63. The number of carbonyl (C=O) groups excluding carboxylic acids is 1. The molecule has 0 aromatic carbocycles. The first-order valence-electron chi connectivity index (χ1n) is 7.54. The van der Waals surface area contributed by atoms with E-state index in [1.165, 1.54) is 6.33 Å². The third-order valence-electron chi connectivity index (χ3n) is 3.61. The molecule has 1 saturated heterocycles. The summed E-state index contributed by atoms with van der Waals surface area (Å²) in [7, 11) is 0. The molecule has 132 valence electrons. The molecular weight excluding hydrogens is 352 g/mol. The van der Waals surface area contributed by atoms with Crippen molar-refractivity contribution < 1.29 is 9.53 Å². The van der Waals surface area contributed by atoms with Crippen molar-refractivity contribution in [1.29, 1.82) is 0 Å². The standard InChI is InChI=1S/C14H19ClN6O2.H2S/c1-14(2,3)23-13(22)20-6-4-5-9(7-20)21-12-10(18-19-21)11(15)16-8-17-12;/h8-9H,4-7H2,1-3H3;1H2/t9-;/m0./s1. The van der Waals surface area contributed by atoms with Crippen LogP contribution in [0.2, 0.25) is 5.15 Å². The van der Waals surface area contributed by atoms with Crippen LogP contribution in [0.5, 0.6) is 0 Å². The minimum absolute atomic E-state index is 0. The quantitative estimate of drug-likeness (QED) is 0.715. The Labute approximate surface area is 152 Å². The van der Waals surface area contributed by atoms with Gasteiger partial charge in [0.15, 0.2) is 16.3 Å². The topological polar surface area (TPSA) is 86.0 Å². The molecule has 3 rings (SSSR count). The van der Waals surface area contributed by atoms with Crippen LogP contribution in [0, 0.1) is 0 Å². The minimum Gasteiger partial charge on any atom is -0.444 e. The van der Waals surface area contributed by atoms with Crippen LogP contribution in [0.15, 0.2) is 6.33 Å². The molecule has 1 fully saturated rings. The lowest BCUT2D eigenvalue weighted by Crippen LogP contribution is -2.43. The number of fused-ring (bicyclic) bond motifs is 1. The second-order valence-corrected chi connectivity index (χ2v) is 6.95. The Morgan fingerprint density at radius 3 is 2.83 bits per heavy atom. The fourth-order valence-corrected chi connectivity index (χ4v) is 2.80. The number of nitrogens with zero attached hydrogens (tertiary/aromatic N) is 6. The number of likely N-dealkylation sites (tertiary alicyclic amines) is 1. The van der Waals surface area contributed by atoms with Crippen molar-refractivity contribution in [3.05, 3.63) is 11.5 Å². The lowest BCUT2D eigenvalue weighted by molar-refractivity contribution is 0.0168. The summed E-state index contributed by atoms with van der Waals surface area (Å²) in [5, 5.41) is 8.47. The maximum atomic E-state index is 12.3. The number of carbonyl (C=O) groups is 1. The van der Waals surface area contributed by atoms with Crippen LogP contribution in [0.1, 0.15) is 39.7 Å². The van der Waals surface area contributed by atoms with Crippen molar-refractivity contribution in [3.8, 4) is 0 Å². The third-order valence-corrected chi connectivity index (χ3v) is 3.89. The largest absolute Gasteiger partial charge is 0.444 e. The first kappa shape index (κ1) is 18.7. The average molecular weight is 373 g/mol. The van der Waals surface area contributed by atoms with Crippen molar-refractivity contribution >= 4 is 42.4 Å². The summed E-state index contributed by atoms with van der Waals surface area (Å²) >= 11 is 6.01. The molecule has 1 aliphatic rings. The monoisotopic (exact) mass is 372 g/mol. The zero-order valence-electron chi connectivity index (χ0n) is 13.9. The van der Waals surface area contributed by atoms with Crippen molar-refractivity contribution in [2.75, 3.05) is 13.1 Å². The molecule has 24 heavy (non-hydrogen) atoms. The molecule has 0 radical (unpaired) electrons. The number of hydrogen-bond donors (Lipinski definition) is 0. The third kappa shape index (κ3) is 3.89. The van der Waals surface area contributed by atoms with E-state index in [4.69, 9.17) is 16.3 Å². The molecule has 0 aliphatic carbocycles. The second kappa shape index (κ2) is 7.10. The van der Waals surface area contributed by atoms with Gasteiger partial charge in [-0.1, -0.05) is 16.8 Å². The fraction of sp³-hybridized carbons (Fsp3) is 0.643. The van der Waals surface area contributed by atoms with E-state index in [2.05, 4.69) is 20.3 Å². The van der Waals surface area contributed by atoms with E-state index in [0.717, 1.165) is 12.8 Å². The molecule has 10 heteroatoms. The number of rotatable bonds is 1. The minimum atomic E-state index is -0.509. The van der Waals surface area contributed by atoms with Gasteiger partial charge in [-0.15, -0.1) is 5.10 Å². The Balaban J connectivity index is 0.00000208. The van der Waals surface area contributed by atoms with Gasteiger partial charge in [0.05, 0.1) is 6.04 Å². The van der Waals surface area contributed by atoms with Gasteiger partial charge < -0.3 is 9.64 Å². The lowest BCUT2D eigenvalue weighted by Gasteiger charge is -2.33. The molecular formula is C14H21ClN6O2S. The molecule has 0 saturated carbocycles. The molecule has 8 nitrogen and oxygen atoms in total. The number of halogens is 1. The zero-order valence-corrected chi connectivity index (χ0v) is 15.6. The molecule has 1 atom stereocenters. The molecule has 0 unspecified atom stereocenters. The van der Waals surface area contributed by atoms with E-state index in [0.29, 0.717) is 24.3 Å². The van der Waals surface area contributed by atoms with Crippen LogP contribution in [-0.2, 0) is 4.74 Å². The number of aromatic nitrogens is 5. The molecule has 2 aromatic heterocycles. The Morgan fingerprint density at radius 2 is 2.12 bits per heavy atom. The first-order valence-corrected chi connectivity index (χ1v) is 7.92. The van der Waals surface area contributed by atoms with Gasteiger partial charge in [0, 0.05) is 13.1 Å². The number of ether oxygens (including phenoxy) is 1. The zero-order chi connectivity index (χ0) is 16.6. The number of amides is 1.